The summed E-state index contributed by atoms with van der Waals surface area (Å²) in [5.74, 6) is 0.0403. The normalized spacial score (nSPS) is 13.4. The molecule has 0 aliphatic carbocycles. The Morgan fingerprint density at radius 2 is 2.00 bits per heavy atom. The highest BCUT2D eigenvalue weighted by molar-refractivity contribution is 6.31. The highest BCUT2D eigenvalue weighted by Crippen LogP contribution is 2.27. The smallest absolute Gasteiger partial charge is 0.372 e. The third-order valence-corrected chi connectivity index (χ3v) is 3.38. The van der Waals surface area contributed by atoms with Crippen molar-refractivity contribution in [2.75, 3.05) is 26.3 Å². The maximum atomic E-state index is 12.1. The van der Waals surface area contributed by atoms with E-state index in [1.54, 1.807) is 6.07 Å². The van der Waals surface area contributed by atoms with Gasteiger partial charge in [-0.25, -0.2) is 0 Å². The molecule has 120 valence electrons. The molecule has 0 amide bonds. The lowest BCUT2D eigenvalue weighted by atomic mass is 9.96. The maximum Gasteiger partial charge on any atom is 0.411 e. The Hall–Kier alpha value is -0.780. The number of halogens is 4. The largest absolute Gasteiger partial charge is 0.411 e. The fraction of sp³-hybridized carbons (Fsp3) is 0.600. The van der Waals surface area contributed by atoms with Crippen LogP contribution in [0.5, 0.6) is 0 Å². The summed E-state index contributed by atoms with van der Waals surface area (Å²) in [7, 11) is 0. The van der Waals surface area contributed by atoms with E-state index in [-0.39, 0.29) is 12.5 Å². The number of ether oxygens (including phenoxy) is 1. The Kier molecular flexibility index (Phi) is 8.07. The van der Waals surface area contributed by atoms with Gasteiger partial charge in [-0.2, -0.15) is 13.2 Å². The quantitative estimate of drug-likeness (QED) is 0.680. The fourth-order valence-electron chi connectivity index (χ4n) is 2.04. The third kappa shape index (κ3) is 7.69. The van der Waals surface area contributed by atoms with Gasteiger partial charge in [0, 0.05) is 18.2 Å². The average molecular weight is 324 g/mol. The molecule has 0 bridgehead atoms. The minimum atomic E-state index is -4.28. The number of alkyl halides is 3. The molecule has 1 atom stereocenters. The molecule has 21 heavy (non-hydrogen) atoms. The minimum absolute atomic E-state index is 0.0403. The van der Waals surface area contributed by atoms with Crippen LogP contribution in [0.4, 0.5) is 13.2 Å². The summed E-state index contributed by atoms with van der Waals surface area (Å²) in [4.78, 5) is 0. The molecule has 0 aliphatic heterocycles. The van der Waals surface area contributed by atoms with Crippen molar-refractivity contribution in [2.45, 2.75) is 31.9 Å². The SMILES string of the molecule is CCCNCC(CCOCC(F)(F)F)c1ccccc1Cl. The highest BCUT2D eigenvalue weighted by Gasteiger charge is 2.27. The van der Waals surface area contributed by atoms with Crippen molar-refractivity contribution in [3.8, 4) is 0 Å². The number of rotatable bonds is 9. The molecule has 0 aliphatic rings. The van der Waals surface area contributed by atoms with Gasteiger partial charge < -0.3 is 10.1 Å². The van der Waals surface area contributed by atoms with Gasteiger partial charge in [0.2, 0.25) is 0 Å². The van der Waals surface area contributed by atoms with Crippen LogP contribution < -0.4 is 5.32 Å². The van der Waals surface area contributed by atoms with E-state index in [0.717, 1.165) is 18.5 Å². The van der Waals surface area contributed by atoms with E-state index in [0.29, 0.717) is 18.0 Å². The van der Waals surface area contributed by atoms with E-state index in [2.05, 4.69) is 12.2 Å². The van der Waals surface area contributed by atoms with Crippen molar-refractivity contribution in [1.82, 2.24) is 5.32 Å². The standard InChI is InChI=1S/C15H21ClF3NO/c1-2-8-20-10-12(7-9-21-11-15(17,18)19)13-5-3-4-6-14(13)16/h3-6,12,20H,2,7-11H2,1H3. The molecule has 1 unspecified atom stereocenters. The van der Waals surface area contributed by atoms with Crippen LogP contribution in [-0.2, 0) is 4.74 Å². The lowest BCUT2D eigenvalue weighted by Gasteiger charge is -2.19. The first-order valence-corrected chi connectivity index (χ1v) is 7.41. The van der Waals surface area contributed by atoms with Crippen LogP contribution in [0.25, 0.3) is 0 Å². The first-order valence-electron chi connectivity index (χ1n) is 7.03. The van der Waals surface area contributed by atoms with E-state index in [1.807, 2.05) is 18.2 Å². The first-order chi connectivity index (χ1) is 9.94. The summed E-state index contributed by atoms with van der Waals surface area (Å²) >= 11 is 6.17. The summed E-state index contributed by atoms with van der Waals surface area (Å²) in [6, 6.07) is 7.41. The predicted molar refractivity (Wildman–Crippen MR) is 78.8 cm³/mol. The van der Waals surface area contributed by atoms with Crippen LogP contribution in [0.1, 0.15) is 31.2 Å². The van der Waals surface area contributed by atoms with Gasteiger partial charge in [-0.05, 0) is 36.9 Å². The average Bonchev–Trinajstić information content (AvgIpc) is 2.41. The topological polar surface area (TPSA) is 21.3 Å². The Morgan fingerprint density at radius 3 is 2.62 bits per heavy atom. The van der Waals surface area contributed by atoms with Crippen molar-refractivity contribution in [1.29, 1.82) is 0 Å². The summed E-state index contributed by atoms with van der Waals surface area (Å²) in [5, 5.41) is 3.92. The second kappa shape index (κ2) is 9.28. The van der Waals surface area contributed by atoms with E-state index in [9.17, 15) is 13.2 Å². The van der Waals surface area contributed by atoms with Crippen LogP contribution in [0.3, 0.4) is 0 Å². The number of hydrogen-bond acceptors (Lipinski definition) is 2. The molecule has 1 rings (SSSR count). The second-order valence-electron chi connectivity index (χ2n) is 4.88. The van der Waals surface area contributed by atoms with Crippen molar-refractivity contribution in [3.63, 3.8) is 0 Å². The molecule has 1 aromatic carbocycles. The van der Waals surface area contributed by atoms with E-state index in [1.165, 1.54) is 0 Å². The van der Waals surface area contributed by atoms with Gasteiger partial charge in [-0.1, -0.05) is 36.7 Å². The van der Waals surface area contributed by atoms with Crippen molar-refractivity contribution >= 4 is 11.6 Å². The third-order valence-electron chi connectivity index (χ3n) is 3.04. The zero-order valence-electron chi connectivity index (χ0n) is 12.0. The summed E-state index contributed by atoms with van der Waals surface area (Å²) in [6.07, 6.45) is -2.78. The summed E-state index contributed by atoms with van der Waals surface area (Å²) in [5.41, 5.74) is 0.943. The molecule has 0 saturated heterocycles. The number of nitrogens with one attached hydrogen (secondary N) is 1. The van der Waals surface area contributed by atoms with Gasteiger partial charge in [-0.3, -0.25) is 0 Å². The first kappa shape index (κ1) is 18.3. The molecule has 1 N–H and O–H groups in total. The molecule has 1 aromatic rings. The molecule has 2 nitrogen and oxygen atoms in total. The molecule has 0 radical (unpaired) electrons. The number of benzene rings is 1. The Labute approximate surface area is 128 Å². The van der Waals surface area contributed by atoms with Crippen molar-refractivity contribution in [3.05, 3.63) is 34.9 Å². The molecule has 0 saturated carbocycles. The Morgan fingerprint density at radius 1 is 1.29 bits per heavy atom. The molecule has 0 fully saturated rings. The van der Waals surface area contributed by atoms with Crippen LogP contribution in [0.2, 0.25) is 5.02 Å². The van der Waals surface area contributed by atoms with Crippen LogP contribution in [-0.4, -0.2) is 32.5 Å². The predicted octanol–water partition coefficient (Wildman–Crippen LogP) is 4.39. The van der Waals surface area contributed by atoms with Gasteiger partial charge in [0.1, 0.15) is 6.61 Å². The van der Waals surface area contributed by atoms with Gasteiger partial charge in [0.05, 0.1) is 0 Å². The molecule has 0 aromatic heterocycles. The van der Waals surface area contributed by atoms with Crippen LogP contribution >= 0.6 is 11.6 Å². The number of hydrogen-bond donors (Lipinski definition) is 1. The summed E-state index contributed by atoms with van der Waals surface area (Å²) in [6.45, 7) is 2.45. The molecular formula is C15H21ClF3NO. The lowest BCUT2D eigenvalue weighted by Crippen LogP contribution is -2.24. The van der Waals surface area contributed by atoms with Crippen LogP contribution in [0.15, 0.2) is 24.3 Å². The van der Waals surface area contributed by atoms with Gasteiger partial charge in [-0.15, -0.1) is 0 Å². The van der Waals surface area contributed by atoms with E-state index >= 15 is 0 Å². The van der Waals surface area contributed by atoms with Crippen molar-refractivity contribution in [2.24, 2.45) is 0 Å². The van der Waals surface area contributed by atoms with Crippen molar-refractivity contribution < 1.29 is 17.9 Å². The lowest BCUT2D eigenvalue weighted by molar-refractivity contribution is -0.174. The van der Waals surface area contributed by atoms with Crippen LogP contribution in [0, 0.1) is 0 Å². The fourth-order valence-corrected chi connectivity index (χ4v) is 2.33. The maximum absolute atomic E-state index is 12.1. The summed E-state index contributed by atoms with van der Waals surface area (Å²) < 4.78 is 40.9. The second-order valence-corrected chi connectivity index (χ2v) is 5.29. The van der Waals surface area contributed by atoms with E-state index in [4.69, 9.17) is 16.3 Å². The molecule has 0 spiro atoms. The zero-order valence-corrected chi connectivity index (χ0v) is 12.8. The Balaban J connectivity index is 2.55. The Bertz CT molecular complexity index is 412. The zero-order chi connectivity index (χ0) is 15.7. The minimum Gasteiger partial charge on any atom is -0.372 e. The van der Waals surface area contributed by atoms with Gasteiger partial charge >= 0.3 is 6.18 Å². The molecule has 0 heterocycles. The van der Waals surface area contributed by atoms with Gasteiger partial charge in [0.25, 0.3) is 0 Å². The molecular weight excluding hydrogens is 303 g/mol. The highest BCUT2D eigenvalue weighted by atomic mass is 35.5. The van der Waals surface area contributed by atoms with Gasteiger partial charge in [0.15, 0.2) is 0 Å². The monoisotopic (exact) mass is 323 g/mol. The van der Waals surface area contributed by atoms with E-state index < -0.39 is 12.8 Å². The molecule has 6 heteroatoms.